The molecule has 0 fully saturated rings. The summed E-state index contributed by atoms with van der Waals surface area (Å²) in [6.07, 6.45) is 2.19. The standard InChI is InChI=1S/C11H13N3O2/c1-8(15)6-11-13-10(14-16-11)7-9-4-2-3-5-12-9/h2-5,8,15H,6-7H2,1H3. The minimum absolute atomic E-state index is 0.384. The lowest BCUT2D eigenvalue weighted by Gasteiger charge is -1.95. The Balaban J connectivity index is 2.03. The molecule has 2 aromatic heterocycles. The van der Waals surface area contributed by atoms with E-state index in [1.165, 1.54) is 0 Å². The van der Waals surface area contributed by atoms with Gasteiger partial charge in [0.1, 0.15) is 0 Å². The van der Waals surface area contributed by atoms with E-state index in [0.29, 0.717) is 24.6 Å². The van der Waals surface area contributed by atoms with Crippen molar-refractivity contribution >= 4 is 0 Å². The Kier molecular flexibility index (Phi) is 3.26. The second kappa shape index (κ2) is 4.85. The fourth-order valence-corrected chi connectivity index (χ4v) is 1.36. The molecule has 0 saturated heterocycles. The Bertz CT molecular complexity index is 440. The lowest BCUT2D eigenvalue weighted by Crippen LogP contribution is -2.04. The molecule has 0 aliphatic heterocycles. The highest BCUT2D eigenvalue weighted by molar-refractivity contribution is 5.09. The molecule has 5 nitrogen and oxygen atoms in total. The van der Waals surface area contributed by atoms with Crippen LogP contribution in [0, 0.1) is 0 Å². The molecule has 5 heteroatoms. The summed E-state index contributed by atoms with van der Waals surface area (Å²) in [5.41, 5.74) is 0.895. The van der Waals surface area contributed by atoms with Crippen molar-refractivity contribution in [1.29, 1.82) is 0 Å². The van der Waals surface area contributed by atoms with Crippen molar-refractivity contribution in [1.82, 2.24) is 15.1 Å². The van der Waals surface area contributed by atoms with E-state index < -0.39 is 6.10 Å². The van der Waals surface area contributed by atoms with Crippen molar-refractivity contribution in [3.63, 3.8) is 0 Å². The van der Waals surface area contributed by atoms with E-state index in [9.17, 15) is 0 Å². The van der Waals surface area contributed by atoms with Gasteiger partial charge in [0.25, 0.3) is 0 Å². The van der Waals surface area contributed by atoms with E-state index in [1.807, 2.05) is 18.2 Å². The molecule has 84 valence electrons. The first-order valence-corrected chi connectivity index (χ1v) is 5.13. The van der Waals surface area contributed by atoms with E-state index in [4.69, 9.17) is 9.63 Å². The highest BCUT2D eigenvalue weighted by Gasteiger charge is 2.09. The topological polar surface area (TPSA) is 72.0 Å². The molecular weight excluding hydrogens is 206 g/mol. The second-order valence-electron chi connectivity index (χ2n) is 3.66. The highest BCUT2D eigenvalue weighted by atomic mass is 16.5. The third-order valence-corrected chi connectivity index (χ3v) is 2.05. The van der Waals surface area contributed by atoms with Crippen molar-refractivity contribution in [3.8, 4) is 0 Å². The van der Waals surface area contributed by atoms with Crippen molar-refractivity contribution in [3.05, 3.63) is 41.8 Å². The molecule has 0 saturated carbocycles. The summed E-state index contributed by atoms with van der Waals surface area (Å²) in [4.78, 5) is 8.34. The van der Waals surface area contributed by atoms with Crippen molar-refractivity contribution in [2.24, 2.45) is 0 Å². The van der Waals surface area contributed by atoms with E-state index in [2.05, 4.69) is 15.1 Å². The Hall–Kier alpha value is -1.75. The van der Waals surface area contributed by atoms with Crippen LogP contribution in [0.5, 0.6) is 0 Å². The minimum Gasteiger partial charge on any atom is -0.393 e. The van der Waals surface area contributed by atoms with Gasteiger partial charge in [-0.05, 0) is 19.1 Å². The van der Waals surface area contributed by atoms with Crippen LogP contribution in [0.15, 0.2) is 28.9 Å². The number of hydrogen-bond donors (Lipinski definition) is 1. The zero-order chi connectivity index (χ0) is 11.4. The van der Waals surface area contributed by atoms with Crippen LogP contribution in [0.3, 0.4) is 0 Å². The molecule has 1 N–H and O–H groups in total. The summed E-state index contributed by atoms with van der Waals surface area (Å²) in [7, 11) is 0. The maximum absolute atomic E-state index is 9.16. The second-order valence-corrected chi connectivity index (χ2v) is 3.66. The molecule has 16 heavy (non-hydrogen) atoms. The van der Waals surface area contributed by atoms with E-state index in [0.717, 1.165) is 5.69 Å². The van der Waals surface area contributed by atoms with Gasteiger partial charge >= 0.3 is 0 Å². The maximum Gasteiger partial charge on any atom is 0.229 e. The molecule has 2 aromatic rings. The van der Waals surface area contributed by atoms with Gasteiger partial charge in [0.05, 0.1) is 18.9 Å². The van der Waals surface area contributed by atoms with E-state index in [1.54, 1.807) is 13.1 Å². The van der Waals surface area contributed by atoms with Crippen LogP contribution in [-0.2, 0) is 12.8 Å². The van der Waals surface area contributed by atoms with Crippen molar-refractivity contribution in [2.75, 3.05) is 0 Å². The Morgan fingerprint density at radius 1 is 1.44 bits per heavy atom. The first-order chi connectivity index (χ1) is 7.74. The summed E-state index contributed by atoms with van der Waals surface area (Å²) in [5.74, 6) is 1.05. The molecule has 0 radical (unpaired) electrons. The van der Waals surface area contributed by atoms with E-state index >= 15 is 0 Å². The third-order valence-electron chi connectivity index (χ3n) is 2.05. The first-order valence-electron chi connectivity index (χ1n) is 5.13. The predicted octanol–water partition coefficient (Wildman–Crippen LogP) is 0.979. The van der Waals surface area contributed by atoms with Crippen LogP contribution in [-0.4, -0.2) is 26.3 Å². The predicted molar refractivity (Wildman–Crippen MR) is 56.7 cm³/mol. The lowest BCUT2D eigenvalue weighted by molar-refractivity contribution is 0.181. The summed E-state index contributed by atoms with van der Waals surface area (Å²) in [6, 6.07) is 5.68. The van der Waals surface area contributed by atoms with Crippen LogP contribution in [0.4, 0.5) is 0 Å². The fraction of sp³-hybridized carbons (Fsp3) is 0.364. The zero-order valence-corrected chi connectivity index (χ0v) is 9.00. The first kappa shape index (κ1) is 10.8. The quantitative estimate of drug-likeness (QED) is 0.829. The maximum atomic E-state index is 9.16. The lowest BCUT2D eigenvalue weighted by atomic mass is 10.2. The number of nitrogens with zero attached hydrogens (tertiary/aromatic N) is 3. The minimum atomic E-state index is -0.469. The Morgan fingerprint density at radius 3 is 3.00 bits per heavy atom. The van der Waals surface area contributed by atoms with Crippen molar-refractivity contribution < 1.29 is 9.63 Å². The average Bonchev–Trinajstić information content (AvgIpc) is 2.66. The Morgan fingerprint density at radius 2 is 2.31 bits per heavy atom. The van der Waals surface area contributed by atoms with Crippen LogP contribution in [0.25, 0.3) is 0 Å². The highest BCUT2D eigenvalue weighted by Crippen LogP contribution is 2.05. The summed E-state index contributed by atoms with van der Waals surface area (Å²) >= 11 is 0. The molecule has 0 aromatic carbocycles. The van der Waals surface area contributed by atoms with Crippen LogP contribution in [0.1, 0.15) is 24.3 Å². The number of hydrogen-bond acceptors (Lipinski definition) is 5. The molecule has 0 aliphatic carbocycles. The molecular formula is C11H13N3O2. The molecule has 0 spiro atoms. The van der Waals surface area contributed by atoms with Gasteiger partial charge in [-0.15, -0.1) is 0 Å². The SMILES string of the molecule is CC(O)Cc1nc(Cc2ccccn2)no1. The number of aromatic nitrogens is 3. The largest absolute Gasteiger partial charge is 0.393 e. The van der Waals surface area contributed by atoms with Crippen LogP contribution in [0.2, 0.25) is 0 Å². The average molecular weight is 219 g/mol. The van der Waals surface area contributed by atoms with Gasteiger partial charge in [-0.2, -0.15) is 4.98 Å². The third kappa shape index (κ3) is 2.87. The van der Waals surface area contributed by atoms with Crippen molar-refractivity contribution in [2.45, 2.75) is 25.9 Å². The van der Waals surface area contributed by atoms with Gasteiger partial charge in [-0.3, -0.25) is 4.98 Å². The molecule has 2 rings (SSSR count). The molecule has 0 amide bonds. The van der Waals surface area contributed by atoms with Crippen LogP contribution < -0.4 is 0 Å². The number of aliphatic hydroxyl groups excluding tert-OH is 1. The zero-order valence-electron chi connectivity index (χ0n) is 9.00. The molecule has 1 unspecified atom stereocenters. The summed E-state index contributed by atoms with van der Waals surface area (Å²) in [5, 5.41) is 13.0. The summed E-state index contributed by atoms with van der Waals surface area (Å²) in [6.45, 7) is 1.68. The van der Waals surface area contributed by atoms with Gasteiger partial charge in [0.15, 0.2) is 5.82 Å². The van der Waals surface area contributed by atoms with Gasteiger partial charge in [0, 0.05) is 11.9 Å². The number of aliphatic hydroxyl groups is 1. The Labute approximate surface area is 93.1 Å². The van der Waals surface area contributed by atoms with E-state index in [-0.39, 0.29) is 0 Å². The van der Waals surface area contributed by atoms with Gasteiger partial charge in [-0.1, -0.05) is 11.2 Å². The van der Waals surface area contributed by atoms with Gasteiger partial charge in [0.2, 0.25) is 5.89 Å². The molecule has 1 atom stereocenters. The van der Waals surface area contributed by atoms with Crippen LogP contribution >= 0.6 is 0 Å². The van der Waals surface area contributed by atoms with Gasteiger partial charge in [-0.25, -0.2) is 0 Å². The number of rotatable bonds is 4. The molecule has 0 bridgehead atoms. The molecule has 0 aliphatic rings. The summed E-state index contributed by atoms with van der Waals surface area (Å²) < 4.78 is 5.00. The van der Waals surface area contributed by atoms with Gasteiger partial charge < -0.3 is 9.63 Å². The fourth-order valence-electron chi connectivity index (χ4n) is 1.36. The number of pyridine rings is 1. The molecule has 2 heterocycles. The monoisotopic (exact) mass is 219 g/mol. The smallest absolute Gasteiger partial charge is 0.229 e. The normalized spacial score (nSPS) is 12.6.